The summed E-state index contributed by atoms with van der Waals surface area (Å²) in [5, 5.41) is 11.1. The third-order valence-corrected chi connectivity index (χ3v) is 3.62. The van der Waals surface area contributed by atoms with Gasteiger partial charge in [-0.05, 0) is 37.8 Å². The molecule has 1 rings (SSSR count). The molecule has 0 spiro atoms. The molecule has 3 nitrogen and oxygen atoms in total. The van der Waals surface area contributed by atoms with Crippen molar-refractivity contribution in [1.29, 1.82) is 0 Å². The van der Waals surface area contributed by atoms with E-state index in [0.717, 1.165) is 18.2 Å². The Hall–Kier alpha value is -1.03. The van der Waals surface area contributed by atoms with E-state index in [0.29, 0.717) is 29.9 Å². The fourth-order valence-electron chi connectivity index (χ4n) is 1.92. The predicted molar refractivity (Wildman–Crippen MR) is 85.2 cm³/mol. The fourth-order valence-corrected chi connectivity index (χ4v) is 2.32. The van der Waals surface area contributed by atoms with Gasteiger partial charge in [0.15, 0.2) is 5.78 Å². The molecule has 1 aromatic carbocycles. The van der Waals surface area contributed by atoms with Gasteiger partial charge in [-0.3, -0.25) is 4.79 Å². The number of ether oxygens (including phenoxy) is 1. The average Bonchev–Trinajstić information content (AvgIpc) is 2.38. The molecule has 0 aliphatic heterocycles. The third kappa shape index (κ3) is 4.82. The molecular weight excluding hydrogens is 320 g/mol. The van der Waals surface area contributed by atoms with Gasteiger partial charge in [-0.25, -0.2) is 0 Å². The molecule has 0 amide bonds. The van der Waals surface area contributed by atoms with Crippen molar-refractivity contribution < 1.29 is 14.6 Å². The summed E-state index contributed by atoms with van der Waals surface area (Å²) in [6.45, 7) is 6.37. The van der Waals surface area contributed by atoms with Crippen LogP contribution >= 0.6 is 15.9 Å². The number of halogens is 1. The zero-order chi connectivity index (χ0) is 15.1. The van der Waals surface area contributed by atoms with Crippen LogP contribution in [0.2, 0.25) is 0 Å². The molecular formula is C16H23BrO3. The van der Waals surface area contributed by atoms with Crippen LogP contribution in [0, 0.1) is 12.8 Å². The Morgan fingerprint density at radius 3 is 2.65 bits per heavy atom. The number of benzene rings is 1. The topological polar surface area (TPSA) is 46.5 Å². The second-order valence-electron chi connectivity index (χ2n) is 5.35. The molecule has 20 heavy (non-hydrogen) atoms. The largest absolute Gasteiger partial charge is 0.507 e. The molecule has 0 aliphatic carbocycles. The van der Waals surface area contributed by atoms with Crippen LogP contribution < -0.4 is 4.74 Å². The highest BCUT2D eigenvalue weighted by Gasteiger charge is 2.16. The zero-order valence-corrected chi connectivity index (χ0v) is 14.0. The maximum absolute atomic E-state index is 12.0. The molecule has 0 saturated carbocycles. The van der Waals surface area contributed by atoms with Gasteiger partial charge in [0, 0.05) is 17.3 Å². The van der Waals surface area contributed by atoms with E-state index in [1.54, 1.807) is 19.1 Å². The summed E-state index contributed by atoms with van der Waals surface area (Å²) in [5.41, 5.74) is 1.03. The number of phenols is 1. The number of phenolic OH excluding ortho intramolecular Hbond substituents is 1. The zero-order valence-electron chi connectivity index (χ0n) is 12.4. The van der Waals surface area contributed by atoms with Crippen LogP contribution in [0.25, 0.3) is 0 Å². The lowest BCUT2D eigenvalue weighted by atomic mass is 9.98. The van der Waals surface area contributed by atoms with Crippen molar-refractivity contribution in [2.75, 3.05) is 11.9 Å². The molecule has 0 bridgehead atoms. The van der Waals surface area contributed by atoms with Crippen molar-refractivity contribution in [3.63, 3.8) is 0 Å². The highest BCUT2D eigenvalue weighted by atomic mass is 79.9. The van der Waals surface area contributed by atoms with Gasteiger partial charge in [0.2, 0.25) is 0 Å². The average molecular weight is 343 g/mol. The van der Waals surface area contributed by atoms with E-state index in [1.165, 1.54) is 0 Å². The summed E-state index contributed by atoms with van der Waals surface area (Å²) >= 11 is 3.37. The summed E-state index contributed by atoms with van der Waals surface area (Å²) in [4.78, 5) is 12.0. The van der Waals surface area contributed by atoms with Gasteiger partial charge in [-0.2, -0.15) is 0 Å². The molecule has 0 saturated heterocycles. The number of rotatable bonds is 8. The number of aromatic hydroxyl groups is 1. The van der Waals surface area contributed by atoms with E-state index in [1.807, 2.05) is 13.8 Å². The van der Waals surface area contributed by atoms with Gasteiger partial charge in [0.1, 0.15) is 11.5 Å². The molecule has 0 heterocycles. The van der Waals surface area contributed by atoms with Crippen molar-refractivity contribution in [3.8, 4) is 11.5 Å². The van der Waals surface area contributed by atoms with Crippen molar-refractivity contribution in [1.82, 2.24) is 0 Å². The number of carbonyl (C=O) groups is 1. The minimum Gasteiger partial charge on any atom is -0.507 e. The summed E-state index contributed by atoms with van der Waals surface area (Å²) in [6, 6.07) is 3.43. The van der Waals surface area contributed by atoms with Crippen molar-refractivity contribution in [2.45, 2.75) is 40.0 Å². The molecule has 0 atom stereocenters. The minimum absolute atomic E-state index is 0.0218. The molecule has 4 heteroatoms. The first-order valence-corrected chi connectivity index (χ1v) is 8.14. The Labute approximate surface area is 129 Å². The molecule has 0 aromatic heterocycles. The Bertz CT molecular complexity index is 455. The van der Waals surface area contributed by atoms with E-state index >= 15 is 0 Å². The monoisotopic (exact) mass is 342 g/mol. The van der Waals surface area contributed by atoms with Crippen LogP contribution in [-0.2, 0) is 0 Å². The Morgan fingerprint density at radius 1 is 1.35 bits per heavy atom. The van der Waals surface area contributed by atoms with E-state index in [2.05, 4.69) is 15.9 Å². The molecule has 0 fully saturated rings. The van der Waals surface area contributed by atoms with Crippen molar-refractivity contribution in [3.05, 3.63) is 23.3 Å². The second-order valence-corrected chi connectivity index (χ2v) is 6.14. The molecule has 1 aromatic rings. The Kier molecular flexibility index (Phi) is 7.06. The first-order chi connectivity index (χ1) is 9.47. The lowest BCUT2D eigenvalue weighted by Gasteiger charge is -2.13. The first-order valence-electron chi connectivity index (χ1n) is 7.01. The minimum atomic E-state index is -0.0218. The fraction of sp³-hybridized carbons (Fsp3) is 0.562. The summed E-state index contributed by atoms with van der Waals surface area (Å²) in [6.07, 6.45) is 2.45. The number of Topliss-reactive ketones (excluding diaryl/α,β-unsaturated/α-hetero) is 1. The van der Waals surface area contributed by atoms with Crippen molar-refractivity contribution >= 4 is 21.7 Å². The molecule has 112 valence electrons. The van der Waals surface area contributed by atoms with Gasteiger partial charge in [-0.1, -0.05) is 29.8 Å². The molecule has 0 unspecified atom stereocenters. The second kappa shape index (κ2) is 8.30. The van der Waals surface area contributed by atoms with Crippen LogP contribution in [-0.4, -0.2) is 22.8 Å². The van der Waals surface area contributed by atoms with E-state index in [-0.39, 0.29) is 17.5 Å². The van der Waals surface area contributed by atoms with Gasteiger partial charge in [-0.15, -0.1) is 0 Å². The number of ketones is 1. The number of alkyl halides is 1. The first kappa shape index (κ1) is 17.0. The predicted octanol–water partition coefficient (Wildman–Crippen LogP) is 4.48. The Morgan fingerprint density at radius 2 is 2.05 bits per heavy atom. The highest BCUT2D eigenvalue weighted by Crippen LogP contribution is 2.31. The van der Waals surface area contributed by atoms with Crippen LogP contribution in [0.15, 0.2) is 12.1 Å². The Balaban J connectivity index is 2.78. The lowest BCUT2D eigenvalue weighted by Crippen LogP contribution is -2.06. The van der Waals surface area contributed by atoms with Gasteiger partial charge in [0.25, 0.3) is 0 Å². The lowest BCUT2D eigenvalue weighted by molar-refractivity contribution is 0.0965. The van der Waals surface area contributed by atoms with Crippen LogP contribution in [0.3, 0.4) is 0 Å². The molecule has 1 N–H and O–H groups in total. The smallest absolute Gasteiger partial charge is 0.166 e. The van der Waals surface area contributed by atoms with Crippen LogP contribution in [0.5, 0.6) is 11.5 Å². The maximum atomic E-state index is 12.0. The van der Waals surface area contributed by atoms with Crippen LogP contribution in [0.1, 0.15) is 49.0 Å². The van der Waals surface area contributed by atoms with Gasteiger partial charge in [0.05, 0.1) is 12.2 Å². The summed E-state index contributed by atoms with van der Waals surface area (Å²) in [7, 11) is 0. The summed E-state index contributed by atoms with van der Waals surface area (Å²) in [5.74, 6) is 0.959. The number of hydrogen-bond acceptors (Lipinski definition) is 3. The van der Waals surface area contributed by atoms with Gasteiger partial charge < -0.3 is 9.84 Å². The highest BCUT2D eigenvalue weighted by molar-refractivity contribution is 9.09. The molecule has 0 aliphatic rings. The summed E-state index contributed by atoms with van der Waals surface area (Å²) < 4.78 is 5.64. The van der Waals surface area contributed by atoms with Crippen LogP contribution in [0.4, 0.5) is 0 Å². The standard InChI is InChI=1S/C16H23BrO3/c1-11(2)10-14(18)13-6-7-15(12(3)16(13)19)20-9-5-4-8-17/h6-7,11,19H,4-5,8-10H2,1-3H3. The van der Waals surface area contributed by atoms with E-state index in [4.69, 9.17) is 4.74 Å². The normalized spacial score (nSPS) is 10.8. The van der Waals surface area contributed by atoms with E-state index in [9.17, 15) is 9.90 Å². The van der Waals surface area contributed by atoms with Gasteiger partial charge >= 0.3 is 0 Å². The number of carbonyl (C=O) groups excluding carboxylic acids is 1. The van der Waals surface area contributed by atoms with E-state index < -0.39 is 0 Å². The number of hydrogen-bond donors (Lipinski definition) is 1. The quantitative estimate of drug-likeness (QED) is 0.430. The van der Waals surface area contributed by atoms with Crippen molar-refractivity contribution in [2.24, 2.45) is 5.92 Å². The molecule has 0 radical (unpaired) electrons. The number of unbranched alkanes of at least 4 members (excludes halogenated alkanes) is 1. The maximum Gasteiger partial charge on any atom is 0.166 e. The third-order valence-electron chi connectivity index (χ3n) is 3.06. The SMILES string of the molecule is Cc1c(OCCCCBr)ccc(C(=O)CC(C)C)c1O.